The van der Waals surface area contributed by atoms with Crippen molar-refractivity contribution in [3.63, 3.8) is 0 Å². The molecule has 1 aromatic rings. The molecule has 2 rings (SSSR count). The Hall–Kier alpha value is -3.02. The maximum absolute atomic E-state index is 13.7. The average Bonchev–Trinajstić information content (AvgIpc) is 3.14. The number of esters is 2. The Labute approximate surface area is 317 Å². The topological polar surface area (TPSA) is 86.7 Å². The van der Waals surface area contributed by atoms with Crippen LogP contribution in [0.5, 0.6) is 0 Å². The summed E-state index contributed by atoms with van der Waals surface area (Å²) in [6.07, 6.45) is 40.1. The molecule has 0 saturated heterocycles. The first-order chi connectivity index (χ1) is 25.5. The fraction of sp³-hybridized carbons (Fsp3) is 0.696. The summed E-state index contributed by atoms with van der Waals surface area (Å²) in [5.41, 5.74) is 0.139. The fourth-order valence-corrected chi connectivity index (χ4v) is 6.90. The second kappa shape index (κ2) is 30.4. The van der Waals surface area contributed by atoms with Gasteiger partial charge >= 0.3 is 11.9 Å². The lowest BCUT2D eigenvalue weighted by molar-refractivity contribution is 0.0224. The number of unbranched alkanes of at least 4 members (excludes halogenated alkanes) is 22. The van der Waals surface area contributed by atoms with E-state index in [2.05, 4.69) is 38.2 Å². The summed E-state index contributed by atoms with van der Waals surface area (Å²) >= 11 is 0. The van der Waals surface area contributed by atoms with Gasteiger partial charge in [-0.25, -0.2) is 9.59 Å². The van der Waals surface area contributed by atoms with Crippen molar-refractivity contribution in [2.75, 3.05) is 13.2 Å². The monoisotopic (exact) mass is 721 g/mol. The van der Waals surface area contributed by atoms with Gasteiger partial charge in [-0.15, -0.1) is 0 Å². The zero-order chi connectivity index (χ0) is 37.5. The van der Waals surface area contributed by atoms with Gasteiger partial charge in [0.05, 0.1) is 11.1 Å². The van der Waals surface area contributed by atoms with Crippen LogP contribution in [0.15, 0.2) is 36.4 Å². The Bertz CT molecular complexity index is 1210. The molecule has 0 aromatic heterocycles. The van der Waals surface area contributed by atoms with Crippen LogP contribution in [-0.2, 0) is 9.47 Å². The number of allylic oxidation sites excluding steroid dienone is 4. The van der Waals surface area contributed by atoms with Crippen LogP contribution < -0.4 is 0 Å². The summed E-state index contributed by atoms with van der Waals surface area (Å²) < 4.78 is 10.5. The summed E-state index contributed by atoms with van der Waals surface area (Å²) in [7, 11) is 0. The second-order valence-corrected chi connectivity index (χ2v) is 14.7. The smallest absolute Gasteiger partial charge is 0.339 e. The number of carbonyl (C=O) groups is 4. The standard InChI is InChI=1S/C46H72O6/c1-3-5-7-9-11-13-15-17-19-21-23-25-27-29-31-33-41(47)39-35-36-40-44(46(50)52-38-37-51-45(40)49)43(39)42(48)34-32-30-28-26-24-22-20-18-16-14-12-10-8-6-4-2/h17-20,35-36H,3-16,21-34,37-38H2,1-2H3/b19-17-,20-18-. The van der Waals surface area contributed by atoms with Crippen molar-refractivity contribution >= 4 is 23.5 Å². The van der Waals surface area contributed by atoms with E-state index in [1.807, 2.05) is 0 Å². The number of hydrogen-bond acceptors (Lipinski definition) is 6. The van der Waals surface area contributed by atoms with E-state index in [0.29, 0.717) is 12.8 Å². The molecule has 6 nitrogen and oxygen atoms in total. The van der Waals surface area contributed by atoms with Gasteiger partial charge in [0.1, 0.15) is 13.2 Å². The SMILES string of the molecule is CCCCCCCC/C=C\CCCCCCCC(=O)c1ccc2c(c1C(=O)CCCCCCC/C=C\CCCCCCCC)C(=O)OCCOC2=O. The quantitative estimate of drug-likeness (QED) is 0.0319. The van der Waals surface area contributed by atoms with Gasteiger partial charge in [-0.3, -0.25) is 9.59 Å². The minimum atomic E-state index is -0.741. The number of benzene rings is 1. The van der Waals surface area contributed by atoms with Crippen molar-refractivity contribution in [1.29, 1.82) is 0 Å². The van der Waals surface area contributed by atoms with Gasteiger partial charge in [0.15, 0.2) is 11.6 Å². The van der Waals surface area contributed by atoms with Crippen molar-refractivity contribution in [3.8, 4) is 0 Å². The first-order valence-electron chi connectivity index (χ1n) is 21.4. The maximum atomic E-state index is 13.7. The zero-order valence-electron chi connectivity index (χ0n) is 33.1. The van der Waals surface area contributed by atoms with Crippen molar-refractivity contribution in [2.24, 2.45) is 0 Å². The third-order valence-electron chi connectivity index (χ3n) is 10.1. The molecule has 0 bridgehead atoms. The molecule has 0 aliphatic carbocycles. The predicted molar refractivity (Wildman–Crippen MR) is 215 cm³/mol. The Balaban J connectivity index is 1.80. The highest BCUT2D eigenvalue weighted by Crippen LogP contribution is 2.27. The average molecular weight is 721 g/mol. The van der Waals surface area contributed by atoms with E-state index in [0.717, 1.165) is 70.6 Å². The van der Waals surface area contributed by atoms with E-state index >= 15 is 0 Å². The molecule has 0 saturated carbocycles. The molecule has 0 unspecified atom stereocenters. The van der Waals surface area contributed by atoms with Gasteiger partial charge < -0.3 is 9.47 Å². The highest BCUT2D eigenvalue weighted by atomic mass is 16.6. The molecular formula is C46H72O6. The molecule has 52 heavy (non-hydrogen) atoms. The van der Waals surface area contributed by atoms with Gasteiger partial charge in [0.25, 0.3) is 0 Å². The Morgan fingerprint density at radius 1 is 0.500 bits per heavy atom. The van der Waals surface area contributed by atoms with Crippen LogP contribution in [0.25, 0.3) is 0 Å². The lowest BCUT2D eigenvalue weighted by atomic mass is 9.88. The highest BCUT2D eigenvalue weighted by molar-refractivity contribution is 6.18. The number of rotatable bonds is 32. The van der Waals surface area contributed by atoms with Crippen LogP contribution in [0.1, 0.15) is 235 Å². The molecule has 0 spiro atoms. The molecule has 1 aliphatic heterocycles. The van der Waals surface area contributed by atoms with E-state index in [-0.39, 0.29) is 53.5 Å². The molecule has 0 atom stereocenters. The first kappa shape index (κ1) is 45.1. The molecule has 1 heterocycles. The number of fused-ring (bicyclic) bond motifs is 1. The molecule has 6 heteroatoms. The van der Waals surface area contributed by atoms with Gasteiger partial charge in [-0.05, 0) is 76.3 Å². The summed E-state index contributed by atoms with van der Waals surface area (Å²) in [5, 5.41) is 0. The van der Waals surface area contributed by atoms with Crippen LogP contribution in [0.3, 0.4) is 0 Å². The van der Waals surface area contributed by atoms with Crippen LogP contribution in [0, 0.1) is 0 Å². The Kier molecular flexibility index (Phi) is 26.4. The number of Topliss-reactive ketones (excluding diaryl/α,β-unsaturated/α-hetero) is 2. The fourth-order valence-electron chi connectivity index (χ4n) is 6.90. The molecule has 1 aromatic carbocycles. The molecule has 0 radical (unpaired) electrons. The number of ether oxygens (including phenoxy) is 2. The summed E-state index contributed by atoms with van der Waals surface area (Å²) in [6, 6.07) is 2.97. The normalized spacial score (nSPS) is 13.3. The molecule has 0 N–H and O–H groups in total. The van der Waals surface area contributed by atoms with E-state index < -0.39 is 11.9 Å². The minimum Gasteiger partial charge on any atom is -0.458 e. The lowest BCUT2D eigenvalue weighted by Gasteiger charge is -2.19. The third kappa shape index (κ3) is 19.7. The highest BCUT2D eigenvalue weighted by Gasteiger charge is 2.31. The predicted octanol–water partition coefficient (Wildman–Crippen LogP) is 13.5. The van der Waals surface area contributed by atoms with Gasteiger partial charge in [0, 0.05) is 24.0 Å². The van der Waals surface area contributed by atoms with Crippen molar-refractivity contribution in [1.82, 2.24) is 0 Å². The summed E-state index contributed by atoms with van der Waals surface area (Å²) in [6.45, 7) is 4.37. The molecular weight excluding hydrogens is 649 g/mol. The number of carbonyl (C=O) groups excluding carboxylic acids is 4. The van der Waals surface area contributed by atoms with E-state index in [1.165, 1.54) is 102 Å². The van der Waals surface area contributed by atoms with Crippen molar-refractivity contribution < 1.29 is 28.7 Å². The lowest BCUT2D eigenvalue weighted by Crippen LogP contribution is -2.26. The molecule has 292 valence electrons. The van der Waals surface area contributed by atoms with Gasteiger partial charge in [0.2, 0.25) is 0 Å². The van der Waals surface area contributed by atoms with Crippen molar-refractivity contribution in [3.05, 3.63) is 58.7 Å². The minimum absolute atomic E-state index is 0.00447. The van der Waals surface area contributed by atoms with Gasteiger partial charge in [-0.1, -0.05) is 141 Å². The van der Waals surface area contributed by atoms with Crippen LogP contribution in [0.2, 0.25) is 0 Å². The van der Waals surface area contributed by atoms with Crippen LogP contribution in [0.4, 0.5) is 0 Å². The second-order valence-electron chi connectivity index (χ2n) is 14.7. The first-order valence-corrected chi connectivity index (χ1v) is 21.4. The largest absolute Gasteiger partial charge is 0.458 e. The van der Waals surface area contributed by atoms with Crippen molar-refractivity contribution in [2.45, 2.75) is 194 Å². The van der Waals surface area contributed by atoms with Crippen LogP contribution >= 0.6 is 0 Å². The van der Waals surface area contributed by atoms with Gasteiger partial charge in [-0.2, -0.15) is 0 Å². The number of hydrogen-bond donors (Lipinski definition) is 0. The van der Waals surface area contributed by atoms with E-state index in [4.69, 9.17) is 9.47 Å². The van der Waals surface area contributed by atoms with E-state index in [9.17, 15) is 19.2 Å². The zero-order valence-corrected chi connectivity index (χ0v) is 33.1. The number of cyclic esters (lactones) is 2. The molecule has 0 amide bonds. The number of ketones is 2. The summed E-state index contributed by atoms with van der Waals surface area (Å²) in [4.78, 5) is 53.1. The maximum Gasteiger partial charge on any atom is 0.339 e. The van der Waals surface area contributed by atoms with E-state index in [1.54, 1.807) is 0 Å². The van der Waals surface area contributed by atoms with Crippen LogP contribution in [-0.4, -0.2) is 36.7 Å². The Morgan fingerprint density at radius 3 is 1.35 bits per heavy atom. The molecule has 0 fully saturated rings. The summed E-state index contributed by atoms with van der Waals surface area (Å²) in [5.74, 6) is -1.86. The Morgan fingerprint density at radius 2 is 0.885 bits per heavy atom. The molecule has 1 aliphatic rings. The third-order valence-corrected chi connectivity index (χ3v) is 10.1.